The van der Waals surface area contributed by atoms with Crippen molar-refractivity contribution in [2.45, 2.75) is 6.92 Å². The molecule has 0 aromatic carbocycles. The summed E-state index contributed by atoms with van der Waals surface area (Å²) in [7, 11) is 1.97. The molecule has 1 nitrogen and oxygen atoms in total. The van der Waals surface area contributed by atoms with Crippen molar-refractivity contribution in [3.63, 3.8) is 0 Å². The maximum atomic E-state index is 2.49. The van der Waals surface area contributed by atoms with Crippen molar-refractivity contribution < 1.29 is 0 Å². The Morgan fingerprint density at radius 3 is 2.08 bits per heavy atom. The quantitative estimate of drug-likeness (QED) is 0.682. The summed E-state index contributed by atoms with van der Waals surface area (Å²) >= 11 is 0.148. The summed E-state index contributed by atoms with van der Waals surface area (Å²) in [5, 5.41) is 0. The zero-order valence-corrected chi connectivity index (χ0v) is 11.1. The lowest BCUT2D eigenvalue weighted by atomic mass is 10.8. The minimum Gasteiger partial charge on any atom is -0.274 e. The molecule has 0 aromatic rings. The normalized spacial score (nSPS) is 18.1. The SMILES string of the molecule is CCN(C)[SH](C)CCS(C)(C)C. The lowest BCUT2D eigenvalue weighted by molar-refractivity contribution is 0.596. The third-order valence-electron chi connectivity index (χ3n) is 2.07. The van der Waals surface area contributed by atoms with Gasteiger partial charge in [-0.25, -0.2) is 21.1 Å². The molecule has 0 saturated heterocycles. The Labute approximate surface area is 82.7 Å². The predicted octanol–water partition coefficient (Wildman–Crippen LogP) is 2.18. The van der Waals surface area contributed by atoms with E-state index in [2.05, 4.69) is 43.3 Å². The summed E-state index contributed by atoms with van der Waals surface area (Å²) in [5.41, 5.74) is 0. The van der Waals surface area contributed by atoms with Crippen LogP contribution in [0.5, 0.6) is 0 Å². The van der Waals surface area contributed by atoms with Gasteiger partial charge in [0.15, 0.2) is 0 Å². The highest BCUT2D eigenvalue weighted by molar-refractivity contribution is 8.32. The van der Waals surface area contributed by atoms with E-state index in [4.69, 9.17) is 0 Å². The summed E-state index contributed by atoms with van der Waals surface area (Å²) in [4.78, 5) is 0. The van der Waals surface area contributed by atoms with Crippen LogP contribution in [-0.2, 0) is 0 Å². The fraction of sp³-hybridized carbons (Fsp3) is 1.00. The van der Waals surface area contributed by atoms with E-state index in [0.717, 1.165) is 0 Å². The molecule has 0 heterocycles. The van der Waals surface area contributed by atoms with Gasteiger partial charge >= 0.3 is 0 Å². The lowest BCUT2D eigenvalue weighted by Gasteiger charge is -2.32. The Morgan fingerprint density at radius 2 is 1.75 bits per heavy atom. The van der Waals surface area contributed by atoms with Crippen LogP contribution in [0.2, 0.25) is 0 Å². The second kappa shape index (κ2) is 5.40. The second-order valence-corrected chi connectivity index (χ2v) is 11.2. The van der Waals surface area contributed by atoms with E-state index >= 15 is 0 Å². The Bertz CT molecular complexity index is 120. The van der Waals surface area contributed by atoms with Crippen LogP contribution in [0.4, 0.5) is 0 Å². The van der Waals surface area contributed by atoms with E-state index in [1.165, 1.54) is 18.1 Å². The standard InChI is InChI=1S/C9H25NS2/c1-7-10(2)11(3)8-9-12(4,5)6/h11H,7-9H2,1-6H3. The molecule has 3 heteroatoms. The van der Waals surface area contributed by atoms with E-state index < -0.39 is 0 Å². The van der Waals surface area contributed by atoms with Gasteiger partial charge in [-0.1, -0.05) is 6.92 Å². The summed E-state index contributed by atoms with van der Waals surface area (Å²) in [6, 6.07) is 0. The Hall–Kier alpha value is 0.660. The number of nitrogens with zero attached hydrogens (tertiary/aromatic N) is 1. The van der Waals surface area contributed by atoms with E-state index in [0.29, 0.717) is 0 Å². The summed E-state index contributed by atoms with van der Waals surface area (Å²) in [5.74, 6) is 2.85. The number of thiol groups is 1. The lowest BCUT2D eigenvalue weighted by Crippen LogP contribution is -2.17. The van der Waals surface area contributed by atoms with Crippen molar-refractivity contribution in [3.8, 4) is 0 Å². The first-order valence-electron chi connectivity index (χ1n) is 4.45. The molecule has 0 fully saturated rings. The third kappa shape index (κ3) is 6.21. The van der Waals surface area contributed by atoms with Crippen LogP contribution in [0.25, 0.3) is 0 Å². The molecule has 1 atom stereocenters. The molecule has 0 radical (unpaired) electrons. The fourth-order valence-electron chi connectivity index (χ4n) is 0.818. The summed E-state index contributed by atoms with van der Waals surface area (Å²) in [6.07, 6.45) is 9.61. The Morgan fingerprint density at radius 1 is 1.25 bits per heavy atom. The molecule has 0 rings (SSSR count). The third-order valence-corrected chi connectivity index (χ3v) is 6.12. The van der Waals surface area contributed by atoms with Crippen molar-refractivity contribution >= 4 is 21.1 Å². The van der Waals surface area contributed by atoms with Crippen LogP contribution >= 0.6 is 21.1 Å². The maximum absolute atomic E-state index is 2.49. The monoisotopic (exact) mass is 211 g/mol. The van der Waals surface area contributed by atoms with E-state index in [1.807, 2.05) is 0 Å². The van der Waals surface area contributed by atoms with Gasteiger partial charge in [-0.05, 0) is 43.6 Å². The van der Waals surface area contributed by atoms with Gasteiger partial charge in [-0.2, -0.15) is 0 Å². The average molecular weight is 211 g/mol. The summed E-state index contributed by atoms with van der Waals surface area (Å²) in [6.45, 7) is 3.43. The van der Waals surface area contributed by atoms with Crippen molar-refractivity contribution in [1.82, 2.24) is 4.31 Å². The first kappa shape index (κ1) is 12.7. The van der Waals surface area contributed by atoms with Crippen LogP contribution in [-0.4, -0.2) is 54.4 Å². The molecule has 0 saturated carbocycles. The first-order valence-corrected chi connectivity index (χ1v) is 9.40. The van der Waals surface area contributed by atoms with E-state index in [9.17, 15) is 0 Å². The number of hydrogen-bond acceptors (Lipinski definition) is 1. The van der Waals surface area contributed by atoms with Crippen LogP contribution in [0.1, 0.15) is 6.92 Å². The van der Waals surface area contributed by atoms with E-state index in [-0.39, 0.29) is 21.1 Å². The maximum Gasteiger partial charge on any atom is 0.00400 e. The molecule has 0 bridgehead atoms. The van der Waals surface area contributed by atoms with Crippen LogP contribution in [0, 0.1) is 0 Å². The van der Waals surface area contributed by atoms with Crippen LogP contribution < -0.4 is 0 Å². The van der Waals surface area contributed by atoms with Crippen molar-refractivity contribution in [1.29, 1.82) is 0 Å². The topological polar surface area (TPSA) is 3.24 Å². The molecule has 0 aromatic heterocycles. The minimum atomic E-state index is -0.271. The Kier molecular flexibility index (Phi) is 5.70. The molecule has 12 heavy (non-hydrogen) atoms. The zero-order valence-electron chi connectivity index (χ0n) is 9.42. The van der Waals surface area contributed by atoms with Gasteiger partial charge in [-0.15, -0.1) is 0 Å². The van der Waals surface area contributed by atoms with Crippen molar-refractivity contribution in [2.75, 3.05) is 50.1 Å². The fourth-order valence-corrected chi connectivity index (χ4v) is 4.89. The first-order chi connectivity index (χ1) is 5.37. The molecule has 0 amide bonds. The van der Waals surface area contributed by atoms with Gasteiger partial charge in [0, 0.05) is 6.54 Å². The van der Waals surface area contributed by atoms with Crippen LogP contribution in [0.15, 0.2) is 0 Å². The van der Waals surface area contributed by atoms with Gasteiger partial charge in [0.1, 0.15) is 0 Å². The van der Waals surface area contributed by atoms with Gasteiger partial charge < -0.3 is 0 Å². The number of rotatable bonds is 5. The van der Waals surface area contributed by atoms with Gasteiger partial charge in [0.25, 0.3) is 0 Å². The molecule has 78 valence electrons. The van der Waals surface area contributed by atoms with E-state index in [1.54, 1.807) is 0 Å². The van der Waals surface area contributed by atoms with Crippen LogP contribution in [0.3, 0.4) is 0 Å². The van der Waals surface area contributed by atoms with Crippen molar-refractivity contribution in [2.24, 2.45) is 0 Å². The zero-order chi connectivity index (χ0) is 9.78. The molecular formula is C9H25NS2. The highest BCUT2D eigenvalue weighted by atomic mass is 32.3. The van der Waals surface area contributed by atoms with Gasteiger partial charge in [-0.3, -0.25) is 4.31 Å². The molecule has 1 unspecified atom stereocenters. The minimum absolute atomic E-state index is 0.148. The number of hydrogen-bond donors (Lipinski definition) is 1. The molecule has 0 aliphatic heterocycles. The van der Waals surface area contributed by atoms with Gasteiger partial charge in [0.2, 0.25) is 0 Å². The highest BCUT2D eigenvalue weighted by Crippen LogP contribution is 2.37. The van der Waals surface area contributed by atoms with Crippen molar-refractivity contribution in [3.05, 3.63) is 0 Å². The predicted molar refractivity (Wildman–Crippen MR) is 68.3 cm³/mol. The average Bonchev–Trinajstić information content (AvgIpc) is 1.97. The molecule has 0 N–H and O–H groups in total. The molecule has 0 spiro atoms. The van der Waals surface area contributed by atoms with Gasteiger partial charge in [0.05, 0.1) is 0 Å². The molecule has 0 aliphatic carbocycles. The smallest absolute Gasteiger partial charge is 0.00400 e. The second-order valence-electron chi connectivity index (χ2n) is 4.15. The Balaban J connectivity index is 3.64. The summed E-state index contributed by atoms with van der Waals surface area (Å²) < 4.78 is 2.49. The molecular weight excluding hydrogens is 186 g/mol. The molecule has 0 aliphatic rings. The highest BCUT2D eigenvalue weighted by Gasteiger charge is 2.07. The largest absolute Gasteiger partial charge is 0.274 e.